The van der Waals surface area contributed by atoms with Gasteiger partial charge in [-0.05, 0) is 19.8 Å². The van der Waals surface area contributed by atoms with Crippen molar-refractivity contribution in [3.8, 4) is 0 Å². The van der Waals surface area contributed by atoms with Gasteiger partial charge in [0.1, 0.15) is 24.4 Å². The fraction of sp³-hybridized carbons (Fsp3) is 0.875. The first-order chi connectivity index (χ1) is 11.7. The van der Waals surface area contributed by atoms with Crippen LogP contribution in [0.15, 0.2) is 0 Å². The van der Waals surface area contributed by atoms with Crippen LogP contribution in [0.3, 0.4) is 0 Å². The molecule has 4 N–H and O–H groups in total. The molecule has 0 aromatic rings. The van der Waals surface area contributed by atoms with Gasteiger partial charge in [0.15, 0.2) is 6.29 Å². The summed E-state index contributed by atoms with van der Waals surface area (Å²) in [5, 5.41) is 38.2. The van der Waals surface area contributed by atoms with Gasteiger partial charge in [-0.1, -0.05) is 13.8 Å². The number of aliphatic hydroxyl groups excluding tert-OH is 3. The zero-order valence-electron chi connectivity index (χ0n) is 14.7. The van der Waals surface area contributed by atoms with E-state index in [-0.39, 0.29) is 12.8 Å². The smallest absolute Gasteiger partial charge is 0.308 e. The Morgan fingerprint density at radius 3 is 2.12 bits per heavy atom. The highest BCUT2D eigenvalue weighted by molar-refractivity contribution is 5.71. The first kappa shape index (κ1) is 21.8. The summed E-state index contributed by atoms with van der Waals surface area (Å²) in [4.78, 5) is 22.7. The third-order valence-electron chi connectivity index (χ3n) is 4.14. The molecule has 7 atom stereocenters. The van der Waals surface area contributed by atoms with Gasteiger partial charge in [-0.2, -0.15) is 0 Å². The standard InChI is InChI=1S/C16H28O9/c1-4-9(6-11(17)18)24-12(19)7-10(5-2)25-16-15(22)14(21)13(20)8(3)23-16/h8-10,13-16,20-22H,4-7H2,1-3H3,(H,17,18)/t8?,9-,10+,13-,14-,15?,16-/m0/s1. The fourth-order valence-electron chi connectivity index (χ4n) is 2.49. The maximum absolute atomic E-state index is 12.0. The summed E-state index contributed by atoms with van der Waals surface area (Å²) in [6, 6.07) is 0. The second kappa shape index (κ2) is 10.0. The Labute approximate surface area is 146 Å². The number of carbonyl (C=O) groups is 2. The van der Waals surface area contributed by atoms with Crippen LogP contribution in [-0.4, -0.2) is 75.3 Å². The van der Waals surface area contributed by atoms with Crippen molar-refractivity contribution in [3.63, 3.8) is 0 Å². The van der Waals surface area contributed by atoms with Crippen molar-refractivity contribution < 1.29 is 44.2 Å². The van der Waals surface area contributed by atoms with Crippen LogP contribution in [0.5, 0.6) is 0 Å². The van der Waals surface area contributed by atoms with Crippen LogP contribution in [0, 0.1) is 0 Å². The first-order valence-electron chi connectivity index (χ1n) is 8.45. The van der Waals surface area contributed by atoms with E-state index in [9.17, 15) is 24.9 Å². The highest BCUT2D eigenvalue weighted by Crippen LogP contribution is 2.24. The predicted molar refractivity (Wildman–Crippen MR) is 84.6 cm³/mol. The second-order valence-electron chi connectivity index (χ2n) is 6.17. The van der Waals surface area contributed by atoms with Crippen molar-refractivity contribution >= 4 is 11.9 Å². The normalized spacial score (nSPS) is 32.0. The van der Waals surface area contributed by atoms with Gasteiger partial charge in [-0.25, -0.2) is 0 Å². The molecular weight excluding hydrogens is 336 g/mol. The van der Waals surface area contributed by atoms with Crippen LogP contribution in [0.1, 0.15) is 46.5 Å². The van der Waals surface area contributed by atoms with Crippen LogP contribution in [0.2, 0.25) is 0 Å². The number of hydrogen-bond donors (Lipinski definition) is 4. The average molecular weight is 364 g/mol. The molecule has 1 saturated heterocycles. The number of esters is 1. The lowest BCUT2D eigenvalue weighted by Gasteiger charge is -2.40. The van der Waals surface area contributed by atoms with E-state index >= 15 is 0 Å². The van der Waals surface area contributed by atoms with Gasteiger partial charge in [0.2, 0.25) is 0 Å². The van der Waals surface area contributed by atoms with Gasteiger partial charge in [0, 0.05) is 0 Å². The molecule has 0 spiro atoms. The molecule has 1 rings (SSSR count). The summed E-state index contributed by atoms with van der Waals surface area (Å²) in [6.07, 6.45) is -7.03. The molecule has 9 heteroatoms. The SMILES string of the molecule is CC[C@@H](CC(=O)O)OC(=O)C[C@@H](CC)O[C@@H]1OC(C)[C@H](O)[C@H](O)C1O. The lowest BCUT2D eigenvalue weighted by Crippen LogP contribution is -2.58. The van der Waals surface area contributed by atoms with E-state index in [0.29, 0.717) is 12.8 Å². The summed E-state index contributed by atoms with van der Waals surface area (Å²) >= 11 is 0. The molecule has 2 unspecified atom stereocenters. The van der Waals surface area contributed by atoms with Crippen molar-refractivity contribution in [2.24, 2.45) is 0 Å². The largest absolute Gasteiger partial charge is 0.481 e. The van der Waals surface area contributed by atoms with Gasteiger partial charge in [0.05, 0.1) is 25.0 Å². The molecule has 1 heterocycles. The molecule has 0 saturated carbocycles. The van der Waals surface area contributed by atoms with Crippen molar-refractivity contribution in [2.75, 3.05) is 0 Å². The van der Waals surface area contributed by atoms with Crippen LogP contribution >= 0.6 is 0 Å². The molecule has 0 amide bonds. The summed E-state index contributed by atoms with van der Waals surface area (Å²) < 4.78 is 16.0. The van der Waals surface area contributed by atoms with E-state index in [0.717, 1.165) is 0 Å². The van der Waals surface area contributed by atoms with Crippen molar-refractivity contribution in [3.05, 3.63) is 0 Å². The Balaban J connectivity index is 2.58. The average Bonchev–Trinajstić information content (AvgIpc) is 2.55. The van der Waals surface area contributed by atoms with Gasteiger partial charge < -0.3 is 34.6 Å². The Bertz CT molecular complexity index is 441. The van der Waals surface area contributed by atoms with E-state index in [2.05, 4.69) is 0 Å². The lowest BCUT2D eigenvalue weighted by molar-refractivity contribution is -0.304. The number of ether oxygens (including phenoxy) is 3. The Morgan fingerprint density at radius 2 is 1.60 bits per heavy atom. The van der Waals surface area contributed by atoms with E-state index in [1.165, 1.54) is 6.92 Å². The minimum absolute atomic E-state index is 0.147. The van der Waals surface area contributed by atoms with Crippen LogP contribution in [0.25, 0.3) is 0 Å². The van der Waals surface area contributed by atoms with Crippen LogP contribution in [-0.2, 0) is 23.8 Å². The van der Waals surface area contributed by atoms with E-state index in [1.807, 2.05) is 0 Å². The number of aliphatic carboxylic acids is 1. The zero-order chi connectivity index (χ0) is 19.1. The summed E-state index contributed by atoms with van der Waals surface area (Å²) in [6.45, 7) is 5.01. The van der Waals surface area contributed by atoms with Crippen molar-refractivity contribution in [1.82, 2.24) is 0 Å². The number of hydrogen-bond acceptors (Lipinski definition) is 8. The maximum atomic E-state index is 12.0. The molecule has 0 aliphatic carbocycles. The summed E-state index contributed by atoms with van der Waals surface area (Å²) in [7, 11) is 0. The molecule has 9 nitrogen and oxygen atoms in total. The molecule has 1 fully saturated rings. The van der Waals surface area contributed by atoms with Gasteiger partial charge in [-0.3, -0.25) is 9.59 Å². The minimum atomic E-state index is -1.45. The topological polar surface area (TPSA) is 143 Å². The molecule has 0 bridgehead atoms. The minimum Gasteiger partial charge on any atom is -0.481 e. The second-order valence-corrected chi connectivity index (χ2v) is 6.17. The summed E-state index contributed by atoms with van der Waals surface area (Å²) in [5.41, 5.74) is 0. The van der Waals surface area contributed by atoms with E-state index in [1.54, 1.807) is 13.8 Å². The number of aliphatic hydroxyl groups is 3. The summed E-state index contributed by atoms with van der Waals surface area (Å²) in [5.74, 6) is -1.66. The predicted octanol–water partition coefficient (Wildman–Crippen LogP) is -0.204. The third kappa shape index (κ3) is 6.52. The quantitative estimate of drug-likeness (QED) is 0.409. The molecular formula is C16H28O9. The Kier molecular flexibility index (Phi) is 8.74. The van der Waals surface area contributed by atoms with Crippen molar-refractivity contribution in [2.45, 2.75) is 89.4 Å². The van der Waals surface area contributed by atoms with Gasteiger partial charge in [-0.15, -0.1) is 0 Å². The third-order valence-corrected chi connectivity index (χ3v) is 4.14. The Morgan fingerprint density at radius 1 is 1.00 bits per heavy atom. The Hall–Kier alpha value is -1.26. The van der Waals surface area contributed by atoms with Crippen LogP contribution in [0.4, 0.5) is 0 Å². The molecule has 0 aromatic heterocycles. The van der Waals surface area contributed by atoms with E-state index < -0.39 is 54.9 Å². The van der Waals surface area contributed by atoms with Gasteiger partial charge in [0.25, 0.3) is 0 Å². The first-order valence-corrected chi connectivity index (χ1v) is 8.45. The molecule has 25 heavy (non-hydrogen) atoms. The number of carboxylic acids is 1. The highest BCUT2D eigenvalue weighted by atomic mass is 16.7. The zero-order valence-corrected chi connectivity index (χ0v) is 14.7. The van der Waals surface area contributed by atoms with E-state index in [4.69, 9.17) is 19.3 Å². The molecule has 146 valence electrons. The fourth-order valence-corrected chi connectivity index (χ4v) is 2.49. The molecule has 1 aliphatic heterocycles. The maximum Gasteiger partial charge on any atom is 0.308 e. The lowest BCUT2D eigenvalue weighted by atomic mass is 10.00. The van der Waals surface area contributed by atoms with Crippen molar-refractivity contribution in [1.29, 1.82) is 0 Å². The molecule has 0 radical (unpaired) electrons. The monoisotopic (exact) mass is 364 g/mol. The molecule has 0 aromatic carbocycles. The number of carbonyl (C=O) groups excluding carboxylic acids is 1. The van der Waals surface area contributed by atoms with Crippen LogP contribution < -0.4 is 0 Å². The number of rotatable bonds is 9. The van der Waals surface area contributed by atoms with Gasteiger partial charge >= 0.3 is 11.9 Å². The number of carboxylic acid groups (broad SMARTS) is 1. The molecule has 1 aliphatic rings. The highest BCUT2D eigenvalue weighted by Gasteiger charge is 2.43.